The van der Waals surface area contributed by atoms with Gasteiger partial charge in [0.2, 0.25) is 0 Å². The lowest BCUT2D eigenvalue weighted by molar-refractivity contribution is -0.0459. The molecule has 1 saturated carbocycles. The molecule has 1 aromatic heterocycles. The Morgan fingerprint density at radius 3 is 2.63 bits per heavy atom. The van der Waals surface area contributed by atoms with Crippen LogP contribution in [0, 0.1) is 0 Å². The minimum atomic E-state index is -0.972. The SMILES string of the molecule is CCOC1(c2ncc(C(=O)O)c(CC)n2)CCCC1. The van der Waals surface area contributed by atoms with Crippen molar-refractivity contribution in [3.8, 4) is 0 Å². The maximum absolute atomic E-state index is 11.1. The lowest BCUT2D eigenvalue weighted by Gasteiger charge is -2.27. The molecule has 0 aromatic carbocycles. The summed E-state index contributed by atoms with van der Waals surface area (Å²) in [6, 6.07) is 0. The molecule has 19 heavy (non-hydrogen) atoms. The first-order valence-electron chi connectivity index (χ1n) is 6.86. The zero-order valence-corrected chi connectivity index (χ0v) is 11.5. The van der Waals surface area contributed by atoms with E-state index in [1.165, 1.54) is 6.20 Å². The Morgan fingerprint density at radius 1 is 1.42 bits per heavy atom. The normalized spacial score (nSPS) is 17.6. The number of hydrogen-bond donors (Lipinski definition) is 1. The van der Waals surface area contributed by atoms with Gasteiger partial charge in [-0.1, -0.05) is 6.92 Å². The van der Waals surface area contributed by atoms with Crippen LogP contribution in [-0.2, 0) is 16.8 Å². The molecular weight excluding hydrogens is 244 g/mol. The number of aryl methyl sites for hydroxylation is 1. The van der Waals surface area contributed by atoms with E-state index in [0.29, 0.717) is 24.5 Å². The van der Waals surface area contributed by atoms with Gasteiger partial charge >= 0.3 is 5.97 Å². The van der Waals surface area contributed by atoms with Crippen LogP contribution in [0.15, 0.2) is 6.20 Å². The van der Waals surface area contributed by atoms with Crippen molar-refractivity contribution < 1.29 is 14.6 Å². The fraction of sp³-hybridized carbons (Fsp3) is 0.643. The van der Waals surface area contributed by atoms with Crippen LogP contribution in [0.3, 0.4) is 0 Å². The Labute approximate surface area is 113 Å². The average Bonchev–Trinajstić information content (AvgIpc) is 2.88. The van der Waals surface area contributed by atoms with Gasteiger partial charge in [0.1, 0.15) is 5.60 Å². The first-order chi connectivity index (χ1) is 9.13. The van der Waals surface area contributed by atoms with Gasteiger partial charge in [-0.2, -0.15) is 0 Å². The number of hydrogen-bond acceptors (Lipinski definition) is 4. The van der Waals surface area contributed by atoms with Gasteiger partial charge in [0.05, 0.1) is 11.3 Å². The summed E-state index contributed by atoms with van der Waals surface area (Å²) in [6.07, 6.45) is 6.03. The maximum atomic E-state index is 11.1. The van der Waals surface area contributed by atoms with Gasteiger partial charge < -0.3 is 9.84 Å². The molecule has 1 heterocycles. The van der Waals surface area contributed by atoms with Crippen LogP contribution in [0.5, 0.6) is 0 Å². The van der Waals surface area contributed by atoms with Gasteiger partial charge in [0, 0.05) is 12.8 Å². The van der Waals surface area contributed by atoms with Crippen LogP contribution in [0.2, 0.25) is 0 Å². The standard InChI is InChI=1S/C14H20N2O3/c1-3-11-10(12(17)18)9-15-13(16-11)14(19-4-2)7-5-6-8-14/h9H,3-8H2,1-2H3,(H,17,18). The first-order valence-corrected chi connectivity index (χ1v) is 6.86. The third-order valence-electron chi connectivity index (χ3n) is 3.67. The topological polar surface area (TPSA) is 72.3 Å². The summed E-state index contributed by atoms with van der Waals surface area (Å²) in [5, 5.41) is 9.11. The highest BCUT2D eigenvalue weighted by atomic mass is 16.5. The van der Waals surface area contributed by atoms with Crippen LogP contribution in [0.25, 0.3) is 0 Å². The molecule has 0 amide bonds. The number of carboxylic acid groups (broad SMARTS) is 1. The van der Waals surface area contributed by atoms with Gasteiger partial charge in [-0.25, -0.2) is 14.8 Å². The Kier molecular flexibility index (Phi) is 4.14. The van der Waals surface area contributed by atoms with E-state index in [-0.39, 0.29) is 5.56 Å². The molecule has 1 fully saturated rings. The van der Waals surface area contributed by atoms with Crippen LogP contribution in [0.4, 0.5) is 0 Å². The molecule has 5 nitrogen and oxygen atoms in total. The third-order valence-corrected chi connectivity index (χ3v) is 3.67. The van der Waals surface area contributed by atoms with Crippen molar-refractivity contribution in [2.24, 2.45) is 0 Å². The molecular formula is C14H20N2O3. The van der Waals surface area contributed by atoms with Crippen LogP contribution < -0.4 is 0 Å². The molecule has 0 spiro atoms. The van der Waals surface area contributed by atoms with Crippen molar-refractivity contribution in [1.29, 1.82) is 0 Å². The second kappa shape index (κ2) is 5.65. The molecule has 5 heteroatoms. The lowest BCUT2D eigenvalue weighted by Crippen LogP contribution is -2.29. The zero-order valence-electron chi connectivity index (χ0n) is 11.5. The maximum Gasteiger partial charge on any atom is 0.339 e. The number of aromatic carboxylic acids is 1. The summed E-state index contributed by atoms with van der Waals surface area (Å²) in [6.45, 7) is 4.48. The molecule has 1 aromatic rings. The average molecular weight is 264 g/mol. The third kappa shape index (κ3) is 2.61. The molecule has 0 unspecified atom stereocenters. The van der Waals surface area contributed by atoms with Crippen molar-refractivity contribution in [2.45, 2.75) is 51.6 Å². The fourth-order valence-corrected chi connectivity index (χ4v) is 2.74. The van der Waals surface area contributed by atoms with E-state index in [1.54, 1.807) is 0 Å². The van der Waals surface area contributed by atoms with Gasteiger partial charge in [-0.3, -0.25) is 0 Å². The molecule has 1 aliphatic carbocycles. The van der Waals surface area contributed by atoms with E-state index in [9.17, 15) is 4.79 Å². The molecule has 104 valence electrons. The van der Waals surface area contributed by atoms with Crippen LogP contribution in [0.1, 0.15) is 61.4 Å². The molecule has 0 saturated heterocycles. The molecule has 0 aliphatic heterocycles. The summed E-state index contributed by atoms with van der Waals surface area (Å²) >= 11 is 0. The summed E-state index contributed by atoms with van der Waals surface area (Å²) in [5.41, 5.74) is 0.370. The van der Waals surface area contributed by atoms with E-state index < -0.39 is 11.6 Å². The van der Waals surface area contributed by atoms with E-state index in [4.69, 9.17) is 9.84 Å². The quantitative estimate of drug-likeness (QED) is 0.884. The highest BCUT2D eigenvalue weighted by Crippen LogP contribution is 2.40. The van der Waals surface area contributed by atoms with Crippen LogP contribution in [-0.4, -0.2) is 27.7 Å². The largest absolute Gasteiger partial charge is 0.478 e. The highest BCUT2D eigenvalue weighted by Gasteiger charge is 2.39. The molecule has 0 radical (unpaired) electrons. The Bertz CT molecular complexity index is 468. The summed E-state index contributed by atoms with van der Waals surface area (Å²) < 4.78 is 5.90. The van der Waals surface area contributed by atoms with Crippen molar-refractivity contribution in [3.63, 3.8) is 0 Å². The summed E-state index contributed by atoms with van der Waals surface area (Å²) in [5.74, 6) is -0.325. The minimum Gasteiger partial charge on any atom is -0.478 e. The van der Waals surface area contributed by atoms with Gasteiger partial charge in [-0.15, -0.1) is 0 Å². The van der Waals surface area contributed by atoms with Gasteiger partial charge in [0.25, 0.3) is 0 Å². The number of carbonyl (C=O) groups is 1. The van der Waals surface area contributed by atoms with E-state index in [2.05, 4.69) is 9.97 Å². The summed E-state index contributed by atoms with van der Waals surface area (Å²) in [7, 11) is 0. The van der Waals surface area contributed by atoms with Crippen molar-refractivity contribution in [1.82, 2.24) is 9.97 Å². The number of aromatic nitrogens is 2. The first kappa shape index (κ1) is 13.9. The molecule has 1 aliphatic rings. The van der Waals surface area contributed by atoms with E-state index >= 15 is 0 Å². The van der Waals surface area contributed by atoms with Gasteiger partial charge in [-0.05, 0) is 39.0 Å². The fourth-order valence-electron chi connectivity index (χ4n) is 2.74. The number of nitrogens with zero attached hydrogens (tertiary/aromatic N) is 2. The number of ether oxygens (including phenoxy) is 1. The second-order valence-corrected chi connectivity index (χ2v) is 4.85. The predicted octanol–water partition coefficient (Wildman–Crippen LogP) is 2.54. The van der Waals surface area contributed by atoms with E-state index in [0.717, 1.165) is 25.7 Å². The highest BCUT2D eigenvalue weighted by molar-refractivity contribution is 5.88. The number of rotatable bonds is 5. The molecule has 0 atom stereocenters. The lowest BCUT2D eigenvalue weighted by atomic mass is 10.00. The molecule has 2 rings (SSSR count). The Morgan fingerprint density at radius 2 is 2.11 bits per heavy atom. The Hall–Kier alpha value is -1.49. The predicted molar refractivity (Wildman–Crippen MR) is 70.1 cm³/mol. The van der Waals surface area contributed by atoms with E-state index in [1.807, 2.05) is 13.8 Å². The van der Waals surface area contributed by atoms with Gasteiger partial charge in [0.15, 0.2) is 5.82 Å². The second-order valence-electron chi connectivity index (χ2n) is 4.85. The monoisotopic (exact) mass is 264 g/mol. The smallest absolute Gasteiger partial charge is 0.339 e. The molecule has 1 N–H and O–H groups in total. The van der Waals surface area contributed by atoms with Crippen molar-refractivity contribution in [2.75, 3.05) is 6.61 Å². The summed E-state index contributed by atoms with van der Waals surface area (Å²) in [4.78, 5) is 19.8. The molecule has 0 bridgehead atoms. The zero-order chi connectivity index (χ0) is 13.9. The minimum absolute atomic E-state index is 0.191. The van der Waals surface area contributed by atoms with Crippen molar-refractivity contribution >= 4 is 5.97 Å². The van der Waals surface area contributed by atoms with Crippen LogP contribution >= 0.6 is 0 Å². The Balaban J connectivity index is 2.41. The van der Waals surface area contributed by atoms with Crippen molar-refractivity contribution in [3.05, 3.63) is 23.3 Å². The number of carboxylic acids is 1.